The van der Waals surface area contributed by atoms with Crippen LogP contribution in [0.3, 0.4) is 0 Å². The fraction of sp³-hybridized carbons (Fsp3) is 0.920. The van der Waals surface area contributed by atoms with Crippen molar-refractivity contribution in [2.75, 3.05) is 0 Å². The predicted molar refractivity (Wildman–Crippen MR) is 121 cm³/mol. The summed E-state index contributed by atoms with van der Waals surface area (Å²) in [6, 6.07) is 4.04. The molecule has 0 heterocycles. The second-order valence-corrected chi connectivity index (χ2v) is 9.49. The summed E-state index contributed by atoms with van der Waals surface area (Å²) < 4.78 is 0. The molecule has 0 radical (unpaired) electrons. The first kappa shape index (κ1) is 24.1. The monoisotopic (exact) mass is 404 g/mol. The highest BCUT2D eigenvalue weighted by Crippen LogP contribution is 2.32. The Balaban J connectivity index is 0.000000208. The Kier molecular flexibility index (Phi) is 12.3. The molecule has 0 aromatic carbocycles. The Bertz CT molecular complexity index is 471. The van der Waals surface area contributed by atoms with Crippen LogP contribution in [-0.2, 0) is 4.79 Å². The van der Waals surface area contributed by atoms with E-state index in [1.807, 2.05) is 0 Å². The van der Waals surface area contributed by atoms with Gasteiger partial charge < -0.3 is 5.11 Å². The average molecular weight is 405 g/mol. The van der Waals surface area contributed by atoms with Gasteiger partial charge in [0.1, 0.15) is 0 Å². The third kappa shape index (κ3) is 10.4. The molecule has 0 spiro atoms. The quantitative estimate of drug-likeness (QED) is 0.358. The van der Waals surface area contributed by atoms with Crippen LogP contribution in [0.25, 0.3) is 0 Å². The van der Waals surface area contributed by atoms with Crippen molar-refractivity contribution in [2.45, 2.75) is 135 Å². The zero-order valence-corrected chi connectivity index (χ0v) is 18.8. The van der Waals surface area contributed by atoms with Crippen molar-refractivity contribution in [1.82, 2.24) is 0 Å². The fourth-order valence-electron chi connectivity index (χ4n) is 5.00. The molecule has 3 aliphatic carbocycles. The number of carboxylic acid groups (broad SMARTS) is 1. The van der Waals surface area contributed by atoms with Gasteiger partial charge >= 0.3 is 5.97 Å². The lowest BCUT2D eigenvalue weighted by molar-refractivity contribution is -0.143. The summed E-state index contributed by atoms with van der Waals surface area (Å²) in [7, 11) is 0. The molecule has 3 saturated carbocycles. The molecular formula is C25H44N2O2. The summed E-state index contributed by atoms with van der Waals surface area (Å²) in [5.41, 5.74) is 0. The lowest BCUT2D eigenvalue weighted by Gasteiger charge is -2.25. The van der Waals surface area contributed by atoms with Crippen LogP contribution < -0.4 is 0 Å². The molecule has 0 unspecified atom stereocenters. The van der Waals surface area contributed by atoms with Gasteiger partial charge in [0.2, 0.25) is 0 Å². The van der Waals surface area contributed by atoms with Gasteiger partial charge in [-0.3, -0.25) is 4.79 Å². The Labute approximate surface area is 178 Å². The molecule has 4 heteroatoms. The third-order valence-corrected chi connectivity index (χ3v) is 7.04. The van der Waals surface area contributed by atoms with E-state index in [1.165, 1.54) is 89.9 Å². The van der Waals surface area contributed by atoms with E-state index in [-0.39, 0.29) is 5.92 Å². The molecule has 4 nitrogen and oxygen atoms in total. The van der Waals surface area contributed by atoms with Gasteiger partial charge in [-0.05, 0) is 57.3 Å². The van der Waals surface area contributed by atoms with Crippen LogP contribution in [0.2, 0.25) is 0 Å². The Morgan fingerprint density at radius 2 is 1.31 bits per heavy atom. The Hall–Kier alpha value is -1.15. The number of hydrogen-bond acceptors (Lipinski definition) is 3. The van der Waals surface area contributed by atoms with Crippen LogP contribution in [0, 0.1) is 11.8 Å². The van der Waals surface area contributed by atoms with E-state index in [1.54, 1.807) is 0 Å². The molecule has 0 amide bonds. The molecule has 0 bridgehead atoms. The number of aliphatic imine (C=N–C) groups is 2. The van der Waals surface area contributed by atoms with Crippen molar-refractivity contribution < 1.29 is 9.90 Å². The number of carbonyl (C=O) groups is 1. The molecule has 0 aliphatic heterocycles. The van der Waals surface area contributed by atoms with Gasteiger partial charge in [-0.2, -0.15) is 0 Å². The van der Waals surface area contributed by atoms with E-state index in [2.05, 4.69) is 22.9 Å². The van der Waals surface area contributed by atoms with Gasteiger partial charge in [-0.1, -0.05) is 71.1 Å². The molecule has 0 aromatic rings. The molecule has 0 saturated heterocycles. The first-order chi connectivity index (χ1) is 14.2. The predicted octanol–water partition coefficient (Wildman–Crippen LogP) is 7.28. The van der Waals surface area contributed by atoms with Gasteiger partial charge in [0.25, 0.3) is 0 Å². The number of nitrogens with zero attached hydrogens (tertiary/aromatic N) is 2. The molecule has 3 fully saturated rings. The van der Waals surface area contributed by atoms with Crippen molar-refractivity contribution in [3.63, 3.8) is 0 Å². The highest BCUT2D eigenvalue weighted by atomic mass is 16.4. The largest absolute Gasteiger partial charge is 0.481 e. The first-order valence-corrected chi connectivity index (χ1v) is 12.6. The summed E-state index contributed by atoms with van der Waals surface area (Å²) in [6.07, 6.45) is 22.6. The number of carboxylic acids is 1. The Morgan fingerprint density at radius 3 is 1.76 bits per heavy atom. The summed E-state index contributed by atoms with van der Waals surface area (Å²) in [5.74, 6) is 0.187. The minimum Gasteiger partial charge on any atom is -0.481 e. The normalized spacial score (nSPS) is 26.0. The van der Waals surface area contributed by atoms with E-state index >= 15 is 0 Å². The Morgan fingerprint density at radius 1 is 0.793 bits per heavy atom. The van der Waals surface area contributed by atoms with Crippen LogP contribution in [0.5, 0.6) is 0 Å². The second kappa shape index (κ2) is 14.8. The number of rotatable bonds is 7. The molecule has 166 valence electrons. The van der Waals surface area contributed by atoms with Crippen molar-refractivity contribution in [3.05, 3.63) is 0 Å². The summed E-state index contributed by atoms with van der Waals surface area (Å²) >= 11 is 0. The van der Waals surface area contributed by atoms with E-state index in [0.29, 0.717) is 12.1 Å². The maximum absolute atomic E-state index is 10.7. The maximum Gasteiger partial charge on any atom is 0.306 e. The van der Waals surface area contributed by atoms with Crippen molar-refractivity contribution in [1.29, 1.82) is 0 Å². The highest BCUT2D eigenvalue weighted by molar-refractivity contribution is 5.69. The zero-order valence-electron chi connectivity index (χ0n) is 18.8. The second-order valence-electron chi connectivity index (χ2n) is 9.49. The molecule has 1 N–H and O–H groups in total. The van der Waals surface area contributed by atoms with Gasteiger partial charge in [0.05, 0.1) is 24.0 Å². The van der Waals surface area contributed by atoms with E-state index in [4.69, 9.17) is 5.11 Å². The molecule has 3 rings (SSSR count). The summed E-state index contributed by atoms with van der Waals surface area (Å²) in [4.78, 5) is 19.6. The van der Waals surface area contributed by atoms with E-state index in [9.17, 15) is 4.79 Å². The minimum absolute atomic E-state index is 0.0441. The SMILES string of the molecule is C(=NC1CCCCC1)=NC1CCCCC1.CCCCC[C@H]1CC[C@H](C(=O)O)CC1. The summed E-state index contributed by atoms with van der Waals surface area (Å²) in [6.45, 7) is 2.22. The van der Waals surface area contributed by atoms with Crippen LogP contribution in [0.1, 0.15) is 122 Å². The average Bonchev–Trinajstić information content (AvgIpc) is 2.76. The summed E-state index contributed by atoms with van der Waals surface area (Å²) in [5, 5.41) is 8.84. The van der Waals surface area contributed by atoms with Crippen LogP contribution in [0.15, 0.2) is 9.98 Å². The number of unbranched alkanes of at least 4 members (excludes halogenated alkanes) is 2. The number of aliphatic carboxylic acids is 1. The molecule has 3 aliphatic rings. The molecular weight excluding hydrogens is 360 g/mol. The van der Waals surface area contributed by atoms with Crippen molar-refractivity contribution >= 4 is 12.0 Å². The van der Waals surface area contributed by atoms with Gasteiger partial charge in [0, 0.05) is 0 Å². The number of hydrogen-bond donors (Lipinski definition) is 1. The van der Waals surface area contributed by atoms with Gasteiger partial charge in [0.15, 0.2) is 0 Å². The lowest BCUT2D eigenvalue weighted by Crippen LogP contribution is -2.21. The van der Waals surface area contributed by atoms with Crippen molar-refractivity contribution in [3.8, 4) is 0 Å². The lowest BCUT2D eigenvalue weighted by atomic mass is 9.80. The maximum atomic E-state index is 10.7. The van der Waals surface area contributed by atoms with Gasteiger partial charge in [-0.25, -0.2) is 9.98 Å². The molecule has 0 aromatic heterocycles. The fourth-order valence-corrected chi connectivity index (χ4v) is 5.00. The zero-order chi connectivity index (χ0) is 20.7. The first-order valence-electron chi connectivity index (χ1n) is 12.6. The molecule has 0 atom stereocenters. The third-order valence-electron chi connectivity index (χ3n) is 7.04. The standard InChI is InChI=1S/C13H22N2.C12H22O2/c1-3-7-12(8-4-1)14-11-15-13-9-5-2-6-10-13;1-2-3-4-5-10-6-8-11(9-7-10)12(13)14/h12-13H,1-10H2;10-11H,2-9H2,1H3,(H,13,14)/t;10-,11-. The van der Waals surface area contributed by atoms with E-state index < -0.39 is 5.97 Å². The van der Waals surface area contributed by atoms with Gasteiger partial charge in [-0.15, -0.1) is 0 Å². The van der Waals surface area contributed by atoms with Crippen LogP contribution in [-0.4, -0.2) is 29.2 Å². The van der Waals surface area contributed by atoms with Crippen LogP contribution in [0.4, 0.5) is 0 Å². The topological polar surface area (TPSA) is 62.0 Å². The molecule has 29 heavy (non-hydrogen) atoms. The highest BCUT2D eigenvalue weighted by Gasteiger charge is 2.25. The van der Waals surface area contributed by atoms with Crippen LogP contribution >= 0.6 is 0 Å². The smallest absolute Gasteiger partial charge is 0.306 e. The minimum atomic E-state index is -0.586. The van der Waals surface area contributed by atoms with E-state index in [0.717, 1.165) is 31.6 Å². The van der Waals surface area contributed by atoms with Crippen molar-refractivity contribution in [2.24, 2.45) is 21.8 Å².